The molecule has 2 aromatic rings. The van der Waals surface area contributed by atoms with Crippen molar-refractivity contribution in [2.75, 3.05) is 17.2 Å². The maximum atomic E-state index is 6.16. The average Bonchev–Trinajstić information content (AvgIpc) is 2.42. The summed E-state index contributed by atoms with van der Waals surface area (Å²) in [6, 6.07) is 7.14. The fourth-order valence-corrected chi connectivity index (χ4v) is 2.28. The first kappa shape index (κ1) is 16.8. The Morgan fingerprint density at radius 3 is 2.55 bits per heavy atom. The van der Waals surface area contributed by atoms with Crippen molar-refractivity contribution in [3.8, 4) is 0 Å². The number of benzene rings is 1. The Morgan fingerprint density at radius 2 is 1.82 bits per heavy atom. The standard InChI is InChI=1S/C16H20Cl2N4/c1-10(2)6-7-19-15-9-16(21-11(3)20-15)22-14-8-12(17)4-5-13(14)18/h4-5,8-10H,6-7H2,1-3H3,(H2,19,20,21,22). The molecule has 0 bridgehead atoms. The number of nitrogens with one attached hydrogen (secondary N) is 2. The van der Waals surface area contributed by atoms with E-state index in [1.165, 1.54) is 0 Å². The van der Waals surface area contributed by atoms with Crippen LogP contribution in [0.5, 0.6) is 0 Å². The molecule has 2 rings (SSSR count). The molecule has 2 N–H and O–H groups in total. The number of hydrogen-bond acceptors (Lipinski definition) is 4. The number of aryl methyl sites for hydroxylation is 1. The average molecular weight is 339 g/mol. The molecule has 0 radical (unpaired) electrons. The van der Waals surface area contributed by atoms with Gasteiger partial charge in [-0.1, -0.05) is 37.0 Å². The highest BCUT2D eigenvalue weighted by Crippen LogP contribution is 2.28. The number of rotatable bonds is 6. The summed E-state index contributed by atoms with van der Waals surface area (Å²) < 4.78 is 0. The summed E-state index contributed by atoms with van der Waals surface area (Å²) in [6.45, 7) is 7.13. The number of nitrogens with zero attached hydrogens (tertiary/aromatic N) is 2. The molecular weight excluding hydrogens is 319 g/mol. The van der Waals surface area contributed by atoms with Crippen molar-refractivity contribution < 1.29 is 0 Å². The van der Waals surface area contributed by atoms with Gasteiger partial charge in [0.05, 0.1) is 10.7 Å². The van der Waals surface area contributed by atoms with Gasteiger partial charge < -0.3 is 10.6 Å². The third-order valence-electron chi connectivity index (χ3n) is 3.06. The van der Waals surface area contributed by atoms with Gasteiger partial charge in [0, 0.05) is 17.6 Å². The minimum atomic E-state index is 0.593. The van der Waals surface area contributed by atoms with Crippen LogP contribution >= 0.6 is 23.2 Å². The first-order chi connectivity index (χ1) is 10.4. The molecule has 4 nitrogen and oxygen atoms in total. The molecule has 0 atom stereocenters. The van der Waals surface area contributed by atoms with Gasteiger partial charge in [0.2, 0.25) is 0 Å². The van der Waals surface area contributed by atoms with Gasteiger partial charge in [0.1, 0.15) is 17.5 Å². The minimum absolute atomic E-state index is 0.593. The van der Waals surface area contributed by atoms with E-state index in [1.807, 2.05) is 13.0 Å². The number of aromatic nitrogens is 2. The molecule has 0 aliphatic rings. The van der Waals surface area contributed by atoms with Gasteiger partial charge >= 0.3 is 0 Å². The zero-order chi connectivity index (χ0) is 16.1. The predicted octanol–water partition coefficient (Wildman–Crippen LogP) is 5.29. The third kappa shape index (κ3) is 5.04. The van der Waals surface area contributed by atoms with Crippen LogP contribution in [0.3, 0.4) is 0 Å². The molecule has 0 spiro atoms. The SMILES string of the molecule is Cc1nc(NCCC(C)C)cc(Nc2cc(Cl)ccc2Cl)n1. The van der Waals surface area contributed by atoms with E-state index in [2.05, 4.69) is 34.4 Å². The van der Waals surface area contributed by atoms with Crippen molar-refractivity contribution in [2.45, 2.75) is 27.2 Å². The third-order valence-corrected chi connectivity index (χ3v) is 3.62. The molecule has 0 aliphatic heterocycles. The van der Waals surface area contributed by atoms with Crippen LogP contribution in [-0.4, -0.2) is 16.5 Å². The maximum absolute atomic E-state index is 6.16. The second-order valence-corrected chi connectivity index (χ2v) is 6.39. The van der Waals surface area contributed by atoms with Crippen LogP contribution < -0.4 is 10.6 Å². The van der Waals surface area contributed by atoms with E-state index in [0.717, 1.165) is 24.5 Å². The van der Waals surface area contributed by atoms with Crippen molar-refractivity contribution in [3.05, 3.63) is 40.1 Å². The second-order valence-electron chi connectivity index (χ2n) is 5.54. The smallest absolute Gasteiger partial charge is 0.136 e. The van der Waals surface area contributed by atoms with Crippen molar-refractivity contribution in [1.29, 1.82) is 0 Å². The van der Waals surface area contributed by atoms with Gasteiger partial charge in [0.15, 0.2) is 0 Å². The van der Waals surface area contributed by atoms with Gasteiger partial charge in [-0.3, -0.25) is 0 Å². The second kappa shape index (κ2) is 7.65. The molecule has 0 amide bonds. The lowest BCUT2D eigenvalue weighted by molar-refractivity contribution is 0.606. The van der Waals surface area contributed by atoms with Gasteiger partial charge in [-0.25, -0.2) is 9.97 Å². The number of hydrogen-bond donors (Lipinski definition) is 2. The Hall–Kier alpha value is -1.52. The molecule has 0 unspecified atom stereocenters. The van der Waals surface area contributed by atoms with Crippen molar-refractivity contribution >= 4 is 40.5 Å². The van der Waals surface area contributed by atoms with Gasteiger partial charge in [0.25, 0.3) is 0 Å². The van der Waals surface area contributed by atoms with Gasteiger partial charge in [-0.2, -0.15) is 0 Å². The van der Waals surface area contributed by atoms with E-state index in [-0.39, 0.29) is 0 Å². The van der Waals surface area contributed by atoms with E-state index >= 15 is 0 Å². The van der Waals surface area contributed by atoms with Crippen LogP contribution in [0.2, 0.25) is 10.0 Å². The Bertz CT molecular complexity index is 644. The molecule has 1 heterocycles. The quantitative estimate of drug-likeness (QED) is 0.750. The lowest BCUT2D eigenvalue weighted by Crippen LogP contribution is -2.08. The lowest BCUT2D eigenvalue weighted by atomic mass is 10.1. The molecule has 1 aromatic heterocycles. The molecule has 22 heavy (non-hydrogen) atoms. The summed E-state index contributed by atoms with van der Waals surface area (Å²) in [5.74, 6) is 2.83. The van der Waals surface area contributed by atoms with E-state index < -0.39 is 0 Å². The molecule has 6 heteroatoms. The minimum Gasteiger partial charge on any atom is -0.370 e. The Labute approximate surface area is 141 Å². The Kier molecular flexibility index (Phi) is 5.86. The number of anilines is 3. The Balaban J connectivity index is 2.13. The molecular formula is C16H20Cl2N4. The van der Waals surface area contributed by atoms with Crippen LogP contribution in [0.15, 0.2) is 24.3 Å². The van der Waals surface area contributed by atoms with E-state index in [1.54, 1.807) is 18.2 Å². The fraction of sp³-hybridized carbons (Fsp3) is 0.375. The van der Waals surface area contributed by atoms with Crippen LogP contribution in [-0.2, 0) is 0 Å². The molecule has 118 valence electrons. The van der Waals surface area contributed by atoms with Crippen LogP contribution in [0, 0.1) is 12.8 Å². The highest BCUT2D eigenvalue weighted by molar-refractivity contribution is 6.35. The fourth-order valence-electron chi connectivity index (χ4n) is 1.94. The highest BCUT2D eigenvalue weighted by atomic mass is 35.5. The monoisotopic (exact) mass is 338 g/mol. The summed E-state index contributed by atoms with van der Waals surface area (Å²) in [6.07, 6.45) is 1.09. The predicted molar refractivity (Wildman–Crippen MR) is 94.5 cm³/mol. The van der Waals surface area contributed by atoms with E-state index in [4.69, 9.17) is 23.2 Å². The zero-order valence-electron chi connectivity index (χ0n) is 13.0. The largest absolute Gasteiger partial charge is 0.370 e. The topological polar surface area (TPSA) is 49.8 Å². The van der Waals surface area contributed by atoms with Crippen molar-refractivity contribution in [3.63, 3.8) is 0 Å². The van der Waals surface area contributed by atoms with E-state index in [0.29, 0.717) is 27.6 Å². The van der Waals surface area contributed by atoms with Gasteiger partial charge in [-0.15, -0.1) is 0 Å². The van der Waals surface area contributed by atoms with Crippen LogP contribution in [0.25, 0.3) is 0 Å². The normalized spacial score (nSPS) is 10.8. The zero-order valence-corrected chi connectivity index (χ0v) is 14.5. The molecule has 0 fully saturated rings. The maximum Gasteiger partial charge on any atom is 0.136 e. The number of halogens is 2. The first-order valence-corrected chi connectivity index (χ1v) is 8.01. The molecule has 1 aromatic carbocycles. The summed E-state index contributed by atoms with van der Waals surface area (Å²) >= 11 is 12.2. The molecule has 0 saturated heterocycles. The Morgan fingerprint density at radius 1 is 1.09 bits per heavy atom. The first-order valence-electron chi connectivity index (χ1n) is 7.25. The summed E-state index contributed by atoms with van der Waals surface area (Å²) in [7, 11) is 0. The summed E-state index contributed by atoms with van der Waals surface area (Å²) in [5.41, 5.74) is 0.723. The molecule has 0 saturated carbocycles. The van der Waals surface area contributed by atoms with Crippen molar-refractivity contribution in [1.82, 2.24) is 9.97 Å². The van der Waals surface area contributed by atoms with Crippen LogP contribution in [0.1, 0.15) is 26.1 Å². The van der Waals surface area contributed by atoms with Crippen molar-refractivity contribution in [2.24, 2.45) is 5.92 Å². The van der Waals surface area contributed by atoms with Crippen LogP contribution in [0.4, 0.5) is 17.3 Å². The molecule has 0 aliphatic carbocycles. The summed E-state index contributed by atoms with van der Waals surface area (Å²) in [4.78, 5) is 8.77. The van der Waals surface area contributed by atoms with E-state index in [9.17, 15) is 0 Å². The van der Waals surface area contributed by atoms with Gasteiger partial charge in [-0.05, 0) is 37.5 Å². The lowest BCUT2D eigenvalue weighted by Gasteiger charge is -2.12. The highest BCUT2D eigenvalue weighted by Gasteiger charge is 2.06. The summed E-state index contributed by atoms with van der Waals surface area (Å²) in [5, 5.41) is 7.72.